The standard InChI is InChI=1S/C16H14BrNO3/c17-14-4-2-1-3-13(14)16(21)18-12-8-5-11(6-9-12)7-10-15(19)20/h1-6,8-9H,7,10H2,(H,18,21)(H,19,20). The van der Waals surface area contributed by atoms with Crippen LogP contribution in [-0.2, 0) is 11.2 Å². The number of benzene rings is 2. The van der Waals surface area contributed by atoms with E-state index in [1.165, 1.54) is 0 Å². The molecule has 0 aliphatic rings. The minimum atomic E-state index is -0.818. The number of aliphatic carboxylic acids is 1. The molecule has 0 aliphatic heterocycles. The molecule has 0 unspecified atom stereocenters. The lowest BCUT2D eigenvalue weighted by atomic mass is 10.1. The minimum absolute atomic E-state index is 0.0999. The fourth-order valence-electron chi connectivity index (χ4n) is 1.85. The van der Waals surface area contributed by atoms with Crippen LogP contribution in [-0.4, -0.2) is 17.0 Å². The molecule has 0 bridgehead atoms. The lowest BCUT2D eigenvalue weighted by molar-refractivity contribution is -0.136. The van der Waals surface area contributed by atoms with Gasteiger partial charge >= 0.3 is 5.97 Å². The van der Waals surface area contributed by atoms with Crippen LogP contribution >= 0.6 is 15.9 Å². The highest BCUT2D eigenvalue weighted by Gasteiger charge is 2.09. The van der Waals surface area contributed by atoms with Crippen molar-refractivity contribution in [2.75, 3.05) is 5.32 Å². The van der Waals surface area contributed by atoms with Gasteiger partial charge in [-0.05, 0) is 52.2 Å². The molecule has 21 heavy (non-hydrogen) atoms. The Morgan fingerprint density at radius 1 is 1.05 bits per heavy atom. The van der Waals surface area contributed by atoms with Gasteiger partial charge in [0.25, 0.3) is 5.91 Å². The van der Waals surface area contributed by atoms with Gasteiger partial charge in [0, 0.05) is 16.6 Å². The van der Waals surface area contributed by atoms with Gasteiger partial charge in [-0.15, -0.1) is 0 Å². The summed E-state index contributed by atoms with van der Waals surface area (Å²) in [6.07, 6.45) is 0.580. The smallest absolute Gasteiger partial charge is 0.303 e. The highest BCUT2D eigenvalue weighted by molar-refractivity contribution is 9.10. The maximum absolute atomic E-state index is 12.1. The maximum atomic E-state index is 12.1. The van der Waals surface area contributed by atoms with Crippen LogP contribution in [0.15, 0.2) is 53.0 Å². The summed E-state index contributed by atoms with van der Waals surface area (Å²) in [5.41, 5.74) is 2.17. The number of carboxylic acids is 1. The maximum Gasteiger partial charge on any atom is 0.303 e. The van der Waals surface area contributed by atoms with Gasteiger partial charge in [-0.3, -0.25) is 9.59 Å². The van der Waals surface area contributed by atoms with Gasteiger partial charge in [-0.2, -0.15) is 0 Å². The fourth-order valence-corrected chi connectivity index (χ4v) is 2.31. The van der Waals surface area contributed by atoms with Crippen LogP contribution in [0.5, 0.6) is 0 Å². The first-order chi connectivity index (χ1) is 10.1. The molecule has 2 N–H and O–H groups in total. The largest absolute Gasteiger partial charge is 0.481 e. The zero-order chi connectivity index (χ0) is 15.2. The van der Waals surface area contributed by atoms with Crippen molar-refractivity contribution in [1.29, 1.82) is 0 Å². The molecule has 5 heteroatoms. The molecule has 108 valence electrons. The number of carboxylic acid groups (broad SMARTS) is 1. The average Bonchev–Trinajstić information content (AvgIpc) is 2.47. The topological polar surface area (TPSA) is 66.4 Å². The Morgan fingerprint density at radius 2 is 1.71 bits per heavy atom. The van der Waals surface area contributed by atoms with E-state index < -0.39 is 5.97 Å². The summed E-state index contributed by atoms with van der Waals surface area (Å²) >= 11 is 3.34. The second-order valence-electron chi connectivity index (χ2n) is 4.52. The number of hydrogen-bond donors (Lipinski definition) is 2. The number of nitrogens with one attached hydrogen (secondary N) is 1. The van der Waals surface area contributed by atoms with Gasteiger partial charge in [-0.25, -0.2) is 0 Å². The molecule has 0 saturated carbocycles. The van der Waals surface area contributed by atoms with E-state index in [1.807, 2.05) is 24.3 Å². The second-order valence-corrected chi connectivity index (χ2v) is 5.38. The Balaban J connectivity index is 2.02. The van der Waals surface area contributed by atoms with Crippen LogP contribution in [0.3, 0.4) is 0 Å². The van der Waals surface area contributed by atoms with Crippen molar-refractivity contribution >= 4 is 33.5 Å². The molecule has 0 aromatic heterocycles. The first-order valence-corrected chi connectivity index (χ1v) is 7.22. The lowest BCUT2D eigenvalue weighted by Crippen LogP contribution is -2.12. The number of halogens is 1. The molecule has 2 aromatic rings. The number of carbonyl (C=O) groups is 2. The summed E-state index contributed by atoms with van der Waals surface area (Å²) in [6, 6.07) is 14.4. The predicted molar refractivity (Wildman–Crippen MR) is 84.5 cm³/mol. The van der Waals surface area contributed by atoms with E-state index in [0.717, 1.165) is 10.0 Å². The van der Waals surface area contributed by atoms with Gasteiger partial charge in [0.15, 0.2) is 0 Å². The molecule has 2 aromatic carbocycles. The van der Waals surface area contributed by atoms with Crippen molar-refractivity contribution in [3.63, 3.8) is 0 Å². The summed E-state index contributed by atoms with van der Waals surface area (Å²) in [4.78, 5) is 22.6. The quantitative estimate of drug-likeness (QED) is 0.866. The van der Waals surface area contributed by atoms with Crippen molar-refractivity contribution < 1.29 is 14.7 Å². The summed E-state index contributed by atoms with van der Waals surface area (Å²) < 4.78 is 0.737. The number of rotatable bonds is 5. The van der Waals surface area contributed by atoms with Crippen molar-refractivity contribution in [2.45, 2.75) is 12.8 Å². The Hall–Kier alpha value is -2.14. The zero-order valence-electron chi connectivity index (χ0n) is 11.2. The summed E-state index contributed by atoms with van der Waals surface area (Å²) in [5.74, 6) is -1.01. The molecule has 4 nitrogen and oxygen atoms in total. The third kappa shape index (κ3) is 4.43. The number of amides is 1. The normalized spacial score (nSPS) is 10.1. The Kier molecular flexibility index (Phi) is 5.11. The molecular formula is C16H14BrNO3. The van der Waals surface area contributed by atoms with Crippen LogP contribution in [0.25, 0.3) is 0 Å². The van der Waals surface area contributed by atoms with E-state index >= 15 is 0 Å². The van der Waals surface area contributed by atoms with Crippen LogP contribution in [0.4, 0.5) is 5.69 Å². The Morgan fingerprint density at radius 3 is 2.33 bits per heavy atom. The van der Waals surface area contributed by atoms with Crippen LogP contribution in [0, 0.1) is 0 Å². The number of anilines is 1. The van der Waals surface area contributed by atoms with Gasteiger partial charge < -0.3 is 10.4 Å². The van der Waals surface area contributed by atoms with Crippen LogP contribution in [0.1, 0.15) is 22.3 Å². The van der Waals surface area contributed by atoms with E-state index in [-0.39, 0.29) is 12.3 Å². The minimum Gasteiger partial charge on any atom is -0.481 e. The first kappa shape index (κ1) is 15.3. The van der Waals surface area contributed by atoms with Gasteiger partial charge in [0.2, 0.25) is 0 Å². The van der Waals surface area contributed by atoms with E-state index in [2.05, 4.69) is 21.2 Å². The molecular weight excluding hydrogens is 334 g/mol. The van der Waals surface area contributed by atoms with E-state index in [0.29, 0.717) is 17.7 Å². The molecule has 2 rings (SSSR count). The van der Waals surface area contributed by atoms with Crippen LogP contribution in [0.2, 0.25) is 0 Å². The predicted octanol–water partition coefficient (Wildman–Crippen LogP) is 3.72. The van der Waals surface area contributed by atoms with Crippen molar-refractivity contribution in [1.82, 2.24) is 0 Å². The third-order valence-corrected chi connectivity index (χ3v) is 3.65. The molecule has 0 radical (unpaired) electrons. The Bertz CT molecular complexity index is 653. The van der Waals surface area contributed by atoms with Crippen molar-refractivity contribution in [2.24, 2.45) is 0 Å². The fraction of sp³-hybridized carbons (Fsp3) is 0.125. The highest BCUT2D eigenvalue weighted by Crippen LogP contribution is 2.18. The van der Waals surface area contributed by atoms with Crippen molar-refractivity contribution in [3.05, 3.63) is 64.1 Å². The van der Waals surface area contributed by atoms with Crippen molar-refractivity contribution in [3.8, 4) is 0 Å². The summed E-state index contributed by atoms with van der Waals surface area (Å²) in [6.45, 7) is 0. The summed E-state index contributed by atoms with van der Waals surface area (Å²) in [7, 11) is 0. The van der Waals surface area contributed by atoms with Gasteiger partial charge in [0.05, 0.1) is 5.56 Å². The molecule has 0 spiro atoms. The summed E-state index contributed by atoms with van der Waals surface area (Å²) in [5, 5.41) is 11.4. The third-order valence-electron chi connectivity index (χ3n) is 2.96. The zero-order valence-corrected chi connectivity index (χ0v) is 12.8. The SMILES string of the molecule is O=C(O)CCc1ccc(NC(=O)c2ccccc2Br)cc1. The lowest BCUT2D eigenvalue weighted by Gasteiger charge is -2.07. The first-order valence-electron chi connectivity index (χ1n) is 6.43. The molecule has 0 fully saturated rings. The molecule has 0 heterocycles. The highest BCUT2D eigenvalue weighted by atomic mass is 79.9. The van der Waals surface area contributed by atoms with E-state index in [1.54, 1.807) is 24.3 Å². The molecule has 0 atom stereocenters. The number of hydrogen-bond acceptors (Lipinski definition) is 2. The van der Waals surface area contributed by atoms with Gasteiger partial charge in [-0.1, -0.05) is 24.3 Å². The monoisotopic (exact) mass is 347 g/mol. The second kappa shape index (κ2) is 7.04. The van der Waals surface area contributed by atoms with Gasteiger partial charge in [0.1, 0.15) is 0 Å². The molecule has 0 saturated heterocycles. The van der Waals surface area contributed by atoms with E-state index in [4.69, 9.17) is 5.11 Å². The molecule has 0 aliphatic carbocycles. The van der Waals surface area contributed by atoms with E-state index in [9.17, 15) is 9.59 Å². The average molecular weight is 348 g/mol. The van der Waals surface area contributed by atoms with Crippen LogP contribution < -0.4 is 5.32 Å². The number of aryl methyl sites for hydroxylation is 1. The number of carbonyl (C=O) groups excluding carboxylic acids is 1. The Labute approximate surface area is 130 Å². The molecule has 1 amide bonds.